The lowest BCUT2D eigenvalue weighted by Crippen LogP contribution is -2.20. The topological polar surface area (TPSA) is 15.8 Å². The Labute approximate surface area is 68.5 Å². The Bertz CT molecular complexity index is 252. The third-order valence-electron chi connectivity index (χ3n) is 1.41. The van der Waals surface area contributed by atoms with Gasteiger partial charge >= 0.3 is 0 Å². The zero-order valence-electron chi connectivity index (χ0n) is 7.81. The highest BCUT2D eigenvalue weighted by atomic mass is 14.6. The zero-order valence-corrected chi connectivity index (χ0v) is 7.81. The highest BCUT2D eigenvalue weighted by Gasteiger charge is 1.78. The Morgan fingerprint density at radius 3 is 2.18 bits per heavy atom. The van der Waals surface area contributed by atoms with Gasteiger partial charge in [-0.2, -0.15) is 0 Å². The molecule has 0 radical (unpaired) electrons. The summed E-state index contributed by atoms with van der Waals surface area (Å²) in [5.74, 6) is 0. The molecule has 0 fully saturated rings. The lowest BCUT2D eigenvalue weighted by Gasteiger charge is -1.72. The minimum atomic E-state index is 1.21. The first-order valence-corrected chi connectivity index (χ1v) is 4.14. The number of nitrogens with one attached hydrogen (secondary N) is 1. The first-order valence-electron chi connectivity index (χ1n) is 4.14. The molecule has 1 heteroatoms. The van der Waals surface area contributed by atoms with Gasteiger partial charge in [0.1, 0.15) is 0 Å². The van der Waals surface area contributed by atoms with Crippen LogP contribution in [0.25, 0.3) is 12.2 Å². The molecule has 0 saturated carbocycles. The summed E-state index contributed by atoms with van der Waals surface area (Å²) in [6.07, 6.45) is 6.10. The van der Waals surface area contributed by atoms with Crippen LogP contribution in [0.5, 0.6) is 0 Å². The molecular formula is C10H17N. The SMILES string of the molecule is C/C=c1/cc[nH]/c1=C/C.CC. The minimum absolute atomic E-state index is 1.21. The summed E-state index contributed by atoms with van der Waals surface area (Å²) in [6, 6.07) is 2.06. The zero-order chi connectivity index (χ0) is 8.69. The van der Waals surface area contributed by atoms with Gasteiger partial charge in [-0.3, -0.25) is 0 Å². The minimum Gasteiger partial charge on any atom is -0.361 e. The number of H-pyrrole nitrogens is 1. The predicted molar refractivity (Wildman–Crippen MR) is 51.7 cm³/mol. The van der Waals surface area contributed by atoms with Crippen LogP contribution in [0.15, 0.2) is 12.3 Å². The molecule has 1 rings (SSSR count). The standard InChI is InChI=1S/C8H11N.C2H6/c1-3-7-5-6-9-8(7)4-2;1-2/h3-6,9H,1-2H3;1-2H3/b7-3-,8-4+;. The van der Waals surface area contributed by atoms with Crippen molar-refractivity contribution in [1.82, 2.24) is 4.98 Å². The second-order valence-corrected chi connectivity index (χ2v) is 1.92. The van der Waals surface area contributed by atoms with Gasteiger partial charge in [-0.25, -0.2) is 0 Å². The fourth-order valence-corrected chi connectivity index (χ4v) is 0.896. The molecule has 0 aliphatic carbocycles. The van der Waals surface area contributed by atoms with E-state index in [1.165, 1.54) is 10.6 Å². The van der Waals surface area contributed by atoms with Gasteiger partial charge in [-0.05, 0) is 25.1 Å². The van der Waals surface area contributed by atoms with E-state index in [1.54, 1.807) is 0 Å². The van der Waals surface area contributed by atoms with E-state index in [4.69, 9.17) is 0 Å². The summed E-state index contributed by atoms with van der Waals surface area (Å²) in [6.45, 7) is 8.06. The van der Waals surface area contributed by atoms with Crippen molar-refractivity contribution in [2.24, 2.45) is 0 Å². The molecule has 1 heterocycles. The van der Waals surface area contributed by atoms with Gasteiger partial charge in [0.25, 0.3) is 0 Å². The first-order chi connectivity index (χ1) is 5.38. The van der Waals surface area contributed by atoms with E-state index < -0.39 is 0 Å². The Morgan fingerprint density at radius 1 is 1.18 bits per heavy atom. The van der Waals surface area contributed by atoms with Gasteiger partial charge in [0, 0.05) is 11.5 Å². The van der Waals surface area contributed by atoms with E-state index in [0.717, 1.165) is 0 Å². The summed E-state index contributed by atoms with van der Waals surface area (Å²) >= 11 is 0. The molecule has 0 atom stereocenters. The lowest BCUT2D eigenvalue weighted by molar-refractivity contribution is 1.31. The van der Waals surface area contributed by atoms with E-state index in [0.29, 0.717) is 0 Å². The van der Waals surface area contributed by atoms with Crippen LogP contribution in [0.3, 0.4) is 0 Å². The van der Waals surface area contributed by atoms with Crippen molar-refractivity contribution in [3.05, 3.63) is 22.8 Å². The monoisotopic (exact) mass is 151 g/mol. The molecule has 11 heavy (non-hydrogen) atoms. The molecule has 0 bridgehead atoms. The third-order valence-corrected chi connectivity index (χ3v) is 1.41. The van der Waals surface area contributed by atoms with Gasteiger partial charge in [-0.1, -0.05) is 26.0 Å². The Morgan fingerprint density at radius 2 is 1.82 bits per heavy atom. The summed E-state index contributed by atoms with van der Waals surface area (Å²) < 4.78 is 0. The second kappa shape index (κ2) is 5.78. The molecule has 0 amide bonds. The maximum Gasteiger partial charge on any atom is 0.0407 e. The molecule has 1 aromatic rings. The average Bonchev–Trinajstić information content (AvgIpc) is 2.54. The summed E-state index contributed by atoms with van der Waals surface area (Å²) in [5, 5.41) is 2.48. The molecule has 1 nitrogen and oxygen atoms in total. The van der Waals surface area contributed by atoms with Crippen LogP contribution in [0, 0.1) is 0 Å². The van der Waals surface area contributed by atoms with Gasteiger partial charge in [0.15, 0.2) is 0 Å². The van der Waals surface area contributed by atoms with E-state index in [9.17, 15) is 0 Å². The summed E-state index contributed by atoms with van der Waals surface area (Å²) in [5.41, 5.74) is 0. The normalized spacial score (nSPS) is 12.7. The molecule has 0 saturated heterocycles. The van der Waals surface area contributed by atoms with Crippen LogP contribution < -0.4 is 10.6 Å². The molecule has 0 unspecified atom stereocenters. The number of aromatic nitrogens is 1. The van der Waals surface area contributed by atoms with Gasteiger partial charge in [-0.15, -0.1) is 0 Å². The van der Waals surface area contributed by atoms with Gasteiger partial charge in [0.05, 0.1) is 0 Å². The number of hydrogen-bond donors (Lipinski definition) is 1. The molecule has 0 aromatic carbocycles. The van der Waals surface area contributed by atoms with Crippen LogP contribution in [0.2, 0.25) is 0 Å². The number of rotatable bonds is 0. The third kappa shape index (κ3) is 2.62. The largest absolute Gasteiger partial charge is 0.361 e. The van der Waals surface area contributed by atoms with Crippen molar-refractivity contribution in [3.63, 3.8) is 0 Å². The van der Waals surface area contributed by atoms with E-state index in [-0.39, 0.29) is 0 Å². The van der Waals surface area contributed by atoms with E-state index in [2.05, 4.69) is 23.2 Å². The van der Waals surface area contributed by atoms with Crippen molar-refractivity contribution in [2.75, 3.05) is 0 Å². The Kier molecular flexibility index (Phi) is 5.26. The summed E-state index contributed by atoms with van der Waals surface area (Å²) in [4.78, 5) is 3.12. The van der Waals surface area contributed by atoms with Crippen LogP contribution in [0.1, 0.15) is 27.7 Å². The van der Waals surface area contributed by atoms with Crippen LogP contribution in [-0.2, 0) is 0 Å². The van der Waals surface area contributed by atoms with Crippen LogP contribution in [0.4, 0.5) is 0 Å². The average molecular weight is 151 g/mol. The number of aromatic amines is 1. The van der Waals surface area contributed by atoms with E-state index >= 15 is 0 Å². The predicted octanol–water partition coefficient (Wildman–Crippen LogP) is 1.64. The Balaban J connectivity index is 0.000000461. The van der Waals surface area contributed by atoms with Crippen molar-refractivity contribution >= 4 is 12.2 Å². The molecule has 0 aliphatic heterocycles. The highest BCUT2D eigenvalue weighted by molar-refractivity contribution is 5.25. The van der Waals surface area contributed by atoms with Crippen LogP contribution in [-0.4, -0.2) is 4.98 Å². The molecular weight excluding hydrogens is 134 g/mol. The first kappa shape index (κ1) is 10.0. The smallest absolute Gasteiger partial charge is 0.0407 e. The quantitative estimate of drug-likeness (QED) is 0.580. The van der Waals surface area contributed by atoms with Gasteiger partial charge in [0.2, 0.25) is 0 Å². The number of hydrogen-bond acceptors (Lipinski definition) is 0. The fourth-order valence-electron chi connectivity index (χ4n) is 0.896. The fraction of sp³-hybridized carbons (Fsp3) is 0.400. The molecule has 1 aromatic heterocycles. The highest BCUT2D eigenvalue weighted by Crippen LogP contribution is 1.63. The molecule has 0 spiro atoms. The lowest BCUT2D eigenvalue weighted by atomic mass is 10.4. The maximum absolute atomic E-state index is 3.12. The molecule has 0 aliphatic rings. The van der Waals surface area contributed by atoms with Crippen molar-refractivity contribution in [1.29, 1.82) is 0 Å². The molecule has 1 N–H and O–H groups in total. The van der Waals surface area contributed by atoms with E-state index in [1.807, 2.05) is 33.9 Å². The van der Waals surface area contributed by atoms with Crippen LogP contribution >= 0.6 is 0 Å². The van der Waals surface area contributed by atoms with Gasteiger partial charge < -0.3 is 4.98 Å². The van der Waals surface area contributed by atoms with Crippen molar-refractivity contribution < 1.29 is 0 Å². The van der Waals surface area contributed by atoms with Crippen molar-refractivity contribution in [2.45, 2.75) is 27.7 Å². The summed E-state index contributed by atoms with van der Waals surface area (Å²) in [7, 11) is 0. The van der Waals surface area contributed by atoms with Crippen molar-refractivity contribution in [3.8, 4) is 0 Å². The maximum atomic E-state index is 3.12. The second-order valence-electron chi connectivity index (χ2n) is 1.92. The molecule has 62 valence electrons. The Hall–Kier alpha value is -0.980.